The Morgan fingerprint density at radius 1 is 1.19 bits per heavy atom. The number of hydrogen-bond donors (Lipinski definition) is 1. The zero-order chi connectivity index (χ0) is 18.5. The standard InChI is InChI=1S/C18H16N4O3S/c1-11(23)13-5-3-7-15(9-13)20-16(24)12(2)26-18-22-21-17(25-18)14-6-4-8-19-10-14/h3-10,12H,1-2H3,(H,20,24)/t12-/m1/s1. The predicted octanol–water partition coefficient (Wildman–Crippen LogP) is 3.45. The van der Waals surface area contributed by atoms with Gasteiger partial charge < -0.3 is 9.73 Å². The maximum Gasteiger partial charge on any atom is 0.277 e. The van der Waals surface area contributed by atoms with Crippen molar-refractivity contribution in [1.29, 1.82) is 0 Å². The summed E-state index contributed by atoms with van der Waals surface area (Å²) in [6, 6.07) is 10.4. The molecule has 1 atom stereocenters. The molecule has 8 heteroatoms. The third kappa shape index (κ3) is 4.34. The van der Waals surface area contributed by atoms with Crippen LogP contribution in [0.15, 0.2) is 58.4 Å². The summed E-state index contributed by atoms with van der Waals surface area (Å²) in [5, 5.41) is 10.5. The predicted molar refractivity (Wildman–Crippen MR) is 97.9 cm³/mol. The summed E-state index contributed by atoms with van der Waals surface area (Å²) in [4.78, 5) is 27.8. The molecule has 3 aromatic rings. The van der Waals surface area contributed by atoms with E-state index in [0.717, 1.165) is 11.8 Å². The van der Waals surface area contributed by atoms with E-state index in [-0.39, 0.29) is 11.7 Å². The van der Waals surface area contributed by atoms with Crippen molar-refractivity contribution in [3.8, 4) is 11.5 Å². The van der Waals surface area contributed by atoms with Crippen molar-refractivity contribution in [3.63, 3.8) is 0 Å². The number of nitrogens with one attached hydrogen (secondary N) is 1. The fraction of sp³-hybridized carbons (Fsp3) is 0.167. The van der Waals surface area contributed by atoms with Crippen LogP contribution in [0.3, 0.4) is 0 Å². The lowest BCUT2D eigenvalue weighted by Crippen LogP contribution is -2.22. The Morgan fingerprint density at radius 2 is 2.04 bits per heavy atom. The quantitative estimate of drug-likeness (QED) is 0.525. The number of nitrogens with zero attached hydrogens (tertiary/aromatic N) is 3. The number of thioether (sulfide) groups is 1. The van der Waals surface area contributed by atoms with Gasteiger partial charge in [-0.1, -0.05) is 23.9 Å². The highest BCUT2D eigenvalue weighted by Gasteiger charge is 2.19. The Hall–Kier alpha value is -3.00. The molecule has 0 unspecified atom stereocenters. The van der Waals surface area contributed by atoms with Crippen LogP contribution in [0.1, 0.15) is 24.2 Å². The molecule has 0 radical (unpaired) electrons. The highest BCUT2D eigenvalue weighted by atomic mass is 32.2. The number of carbonyl (C=O) groups is 2. The number of pyridine rings is 1. The second kappa shape index (κ2) is 7.92. The maximum absolute atomic E-state index is 12.4. The van der Waals surface area contributed by atoms with Crippen molar-refractivity contribution in [2.24, 2.45) is 0 Å². The molecule has 0 aliphatic heterocycles. The van der Waals surface area contributed by atoms with E-state index in [9.17, 15) is 9.59 Å². The van der Waals surface area contributed by atoms with E-state index in [1.54, 1.807) is 49.6 Å². The topological polar surface area (TPSA) is 98.0 Å². The van der Waals surface area contributed by atoms with E-state index in [1.807, 2.05) is 6.07 Å². The first-order valence-electron chi connectivity index (χ1n) is 7.85. The summed E-state index contributed by atoms with van der Waals surface area (Å²) in [5.41, 5.74) is 1.82. The number of amides is 1. The van der Waals surface area contributed by atoms with Crippen LogP contribution in [0.5, 0.6) is 0 Å². The van der Waals surface area contributed by atoms with Gasteiger partial charge in [-0.05, 0) is 38.1 Å². The molecule has 1 amide bonds. The SMILES string of the molecule is CC(=O)c1cccc(NC(=O)[C@@H](C)Sc2nnc(-c3cccnc3)o2)c1. The van der Waals surface area contributed by atoms with E-state index in [1.165, 1.54) is 6.92 Å². The number of ketones is 1. The first-order valence-corrected chi connectivity index (χ1v) is 8.73. The first-order chi connectivity index (χ1) is 12.5. The summed E-state index contributed by atoms with van der Waals surface area (Å²) in [6.07, 6.45) is 3.28. The molecule has 1 aromatic carbocycles. The molecule has 2 heterocycles. The van der Waals surface area contributed by atoms with Crippen molar-refractivity contribution in [2.75, 3.05) is 5.32 Å². The lowest BCUT2D eigenvalue weighted by atomic mass is 10.1. The fourth-order valence-electron chi connectivity index (χ4n) is 2.13. The Balaban J connectivity index is 1.64. The number of carbonyl (C=O) groups excluding carboxylic acids is 2. The highest BCUT2D eigenvalue weighted by Crippen LogP contribution is 2.26. The van der Waals surface area contributed by atoms with Gasteiger partial charge in [0.2, 0.25) is 11.8 Å². The average Bonchev–Trinajstić information content (AvgIpc) is 3.11. The van der Waals surface area contributed by atoms with E-state index < -0.39 is 5.25 Å². The minimum absolute atomic E-state index is 0.0580. The summed E-state index contributed by atoms with van der Waals surface area (Å²) >= 11 is 1.16. The van der Waals surface area contributed by atoms with Gasteiger partial charge in [-0.2, -0.15) is 0 Å². The highest BCUT2D eigenvalue weighted by molar-refractivity contribution is 8.00. The minimum atomic E-state index is -0.460. The molecule has 1 N–H and O–H groups in total. The Kier molecular flexibility index (Phi) is 5.43. The van der Waals surface area contributed by atoms with Gasteiger partial charge in [0.1, 0.15) is 0 Å². The van der Waals surface area contributed by atoms with E-state index in [4.69, 9.17) is 4.42 Å². The molecular weight excluding hydrogens is 352 g/mol. The van der Waals surface area contributed by atoms with Crippen molar-refractivity contribution >= 4 is 29.1 Å². The molecule has 0 spiro atoms. The second-order valence-electron chi connectivity index (χ2n) is 5.50. The Labute approximate surface area is 154 Å². The third-order valence-corrected chi connectivity index (χ3v) is 4.43. The van der Waals surface area contributed by atoms with Gasteiger partial charge >= 0.3 is 0 Å². The second-order valence-corrected chi connectivity index (χ2v) is 6.79. The van der Waals surface area contributed by atoms with E-state index in [0.29, 0.717) is 27.9 Å². The van der Waals surface area contributed by atoms with Crippen LogP contribution in [0.4, 0.5) is 5.69 Å². The van der Waals surface area contributed by atoms with Crippen LogP contribution >= 0.6 is 11.8 Å². The fourth-order valence-corrected chi connectivity index (χ4v) is 2.81. The van der Waals surface area contributed by atoms with Gasteiger partial charge in [0.05, 0.1) is 10.8 Å². The molecule has 0 aliphatic carbocycles. The van der Waals surface area contributed by atoms with Gasteiger partial charge in [-0.25, -0.2) is 0 Å². The zero-order valence-corrected chi connectivity index (χ0v) is 15.0. The normalized spacial score (nSPS) is 11.8. The summed E-state index contributed by atoms with van der Waals surface area (Å²) in [5.74, 6) is 0.0662. The number of aromatic nitrogens is 3. The van der Waals surface area contributed by atoms with Gasteiger partial charge in [-0.3, -0.25) is 14.6 Å². The van der Waals surface area contributed by atoms with E-state index in [2.05, 4.69) is 20.5 Å². The molecule has 0 bridgehead atoms. The van der Waals surface area contributed by atoms with Crippen LogP contribution in [0.25, 0.3) is 11.5 Å². The lowest BCUT2D eigenvalue weighted by Gasteiger charge is -2.10. The van der Waals surface area contributed by atoms with Gasteiger partial charge in [0.25, 0.3) is 5.22 Å². The van der Waals surface area contributed by atoms with Crippen LogP contribution in [0.2, 0.25) is 0 Å². The largest absolute Gasteiger partial charge is 0.411 e. The van der Waals surface area contributed by atoms with Crippen LogP contribution < -0.4 is 5.32 Å². The van der Waals surface area contributed by atoms with Gasteiger partial charge in [0, 0.05) is 23.6 Å². The molecule has 132 valence electrons. The smallest absolute Gasteiger partial charge is 0.277 e. The average molecular weight is 368 g/mol. The number of hydrogen-bond acceptors (Lipinski definition) is 7. The Morgan fingerprint density at radius 3 is 2.77 bits per heavy atom. The van der Waals surface area contributed by atoms with Crippen molar-refractivity contribution in [1.82, 2.24) is 15.2 Å². The number of Topliss-reactive ketones (excluding diaryl/α,β-unsaturated/α-hetero) is 1. The van der Waals surface area contributed by atoms with Crippen LogP contribution in [0, 0.1) is 0 Å². The maximum atomic E-state index is 12.4. The molecule has 0 fully saturated rings. The minimum Gasteiger partial charge on any atom is -0.411 e. The molecule has 0 aliphatic rings. The number of benzene rings is 1. The Bertz CT molecular complexity index is 927. The molecule has 0 saturated carbocycles. The molecule has 2 aromatic heterocycles. The summed E-state index contributed by atoms with van der Waals surface area (Å²) in [6.45, 7) is 3.22. The third-order valence-electron chi connectivity index (χ3n) is 3.50. The van der Waals surface area contributed by atoms with Crippen LogP contribution in [-0.2, 0) is 4.79 Å². The molecule has 0 saturated heterocycles. The number of anilines is 1. The van der Waals surface area contributed by atoms with Crippen molar-refractivity contribution < 1.29 is 14.0 Å². The molecule has 7 nitrogen and oxygen atoms in total. The van der Waals surface area contributed by atoms with Crippen molar-refractivity contribution in [3.05, 3.63) is 54.4 Å². The first kappa shape index (κ1) is 17.8. The summed E-state index contributed by atoms with van der Waals surface area (Å²) < 4.78 is 5.57. The molecule has 3 rings (SSSR count). The zero-order valence-electron chi connectivity index (χ0n) is 14.2. The summed E-state index contributed by atoms with van der Waals surface area (Å²) in [7, 11) is 0. The molecular formula is C18H16N4O3S. The number of rotatable bonds is 6. The van der Waals surface area contributed by atoms with Crippen molar-refractivity contribution in [2.45, 2.75) is 24.3 Å². The van der Waals surface area contributed by atoms with Gasteiger partial charge in [0.15, 0.2) is 5.78 Å². The van der Waals surface area contributed by atoms with Crippen LogP contribution in [-0.4, -0.2) is 32.1 Å². The monoisotopic (exact) mass is 368 g/mol. The lowest BCUT2D eigenvalue weighted by molar-refractivity contribution is -0.115. The van der Waals surface area contributed by atoms with Gasteiger partial charge in [-0.15, -0.1) is 10.2 Å². The van der Waals surface area contributed by atoms with E-state index >= 15 is 0 Å². The molecule has 26 heavy (non-hydrogen) atoms.